The third-order valence-corrected chi connectivity index (χ3v) is 7.77. The predicted molar refractivity (Wildman–Crippen MR) is 162 cm³/mol. The molecule has 224 valence electrons. The lowest BCUT2D eigenvalue weighted by molar-refractivity contribution is -0.138. The Morgan fingerprint density at radius 2 is 1.79 bits per heavy atom. The first-order chi connectivity index (χ1) is 20.5. The van der Waals surface area contributed by atoms with Gasteiger partial charge in [-0.05, 0) is 87.7 Å². The van der Waals surface area contributed by atoms with Gasteiger partial charge in [-0.2, -0.15) is 13.2 Å². The van der Waals surface area contributed by atoms with Gasteiger partial charge in [-0.15, -0.1) is 10.2 Å². The first-order valence-corrected chi connectivity index (χ1v) is 14.2. The average molecular weight is 589 g/mol. The fourth-order valence-electron chi connectivity index (χ4n) is 4.96. The molecule has 8 nitrogen and oxygen atoms in total. The number of halogens is 3. The van der Waals surface area contributed by atoms with Gasteiger partial charge in [0, 0.05) is 42.7 Å². The van der Waals surface area contributed by atoms with Crippen molar-refractivity contribution in [1.82, 2.24) is 20.0 Å². The van der Waals surface area contributed by atoms with Crippen LogP contribution in [0.25, 0.3) is 0 Å². The normalized spacial score (nSPS) is 18.2. The molecule has 1 saturated heterocycles. The zero-order valence-corrected chi connectivity index (χ0v) is 24.5. The Kier molecular flexibility index (Phi) is 8.80. The second-order valence-electron chi connectivity index (χ2n) is 11.3. The van der Waals surface area contributed by atoms with Crippen LogP contribution in [-0.2, 0) is 12.7 Å². The summed E-state index contributed by atoms with van der Waals surface area (Å²) in [5, 5.41) is 8.20. The van der Waals surface area contributed by atoms with E-state index in [1.807, 2.05) is 27.1 Å². The van der Waals surface area contributed by atoms with Crippen LogP contribution in [-0.4, -0.2) is 64.9 Å². The Bertz CT molecular complexity index is 1600. The second kappa shape index (κ2) is 12.5. The summed E-state index contributed by atoms with van der Waals surface area (Å²) in [6.45, 7) is 3.62. The summed E-state index contributed by atoms with van der Waals surface area (Å²) < 4.78 is 42.2. The minimum absolute atomic E-state index is 0.0903. The summed E-state index contributed by atoms with van der Waals surface area (Å²) in [4.78, 5) is 12.8. The molecule has 0 bridgehead atoms. The summed E-state index contributed by atoms with van der Waals surface area (Å²) in [6, 6.07) is 13.3. The van der Waals surface area contributed by atoms with E-state index in [1.54, 1.807) is 30.3 Å². The monoisotopic (exact) mass is 588 g/mol. The lowest BCUT2D eigenvalue weighted by Gasteiger charge is -2.22. The standard InChI is InChI=1S/C32H35F3N8/c1-20-4-5-23(16-22(20)8-10-25-12-13-29(41-40-25)39-30(36)21-6-7-21)31(37)38-26-11-9-24(28(17-26)32(33,34)35)18-43-15-14-27(19-43)42(2)3/h4-5,9,11-13,16-17,21,27H,6-7,14-15,18-19H2,1-3H3,(H2,37,38)(H2,36,39,41). The summed E-state index contributed by atoms with van der Waals surface area (Å²) >= 11 is 0. The average Bonchev–Trinajstić information content (AvgIpc) is 3.72. The number of amidine groups is 2. The van der Waals surface area contributed by atoms with E-state index in [0.29, 0.717) is 40.4 Å². The van der Waals surface area contributed by atoms with Crippen molar-refractivity contribution in [2.75, 3.05) is 27.2 Å². The van der Waals surface area contributed by atoms with Crippen molar-refractivity contribution in [3.8, 4) is 11.8 Å². The number of hydrogen-bond donors (Lipinski definition) is 2. The maximum atomic E-state index is 14.1. The first-order valence-electron chi connectivity index (χ1n) is 14.2. The number of nitrogens with two attached hydrogens (primary N) is 2. The predicted octanol–water partition coefficient (Wildman–Crippen LogP) is 4.78. The topological polar surface area (TPSA) is 109 Å². The summed E-state index contributed by atoms with van der Waals surface area (Å²) in [6.07, 6.45) is -1.48. The van der Waals surface area contributed by atoms with Gasteiger partial charge in [0.05, 0.1) is 11.3 Å². The Balaban J connectivity index is 1.33. The molecule has 1 unspecified atom stereocenters. The number of aryl methyl sites for hydroxylation is 1. The number of nitrogens with zero attached hydrogens (tertiary/aromatic N) is 6. The van der Waals surface area contributed by atoms with E-state index < -0.39 is 11.7 Å². The molecule has 1 aliphatic heterocycles. The van der Waals surface area contributed by atoms with Gasteiger partial charge in [0.25, 0.3) is 0 Å². The number of alkyl halides is 3. The van der Waals surface area contributed by atoms with E-state index >= 15 is 0 Å². The summed E-state index contributed by atoms with van der Waals surface area (Å²) in [7, 11) is 3.99. The number of hydrogen-bond acceptors (Lipinski definition) is 6. The fraction of sp³-hybridized carbons (Fsp3) is 0.375. The van der Waals surface area contributed by atoms with Gasteiger partial charge < -0.3 is 16.4 Å². The SMILES string of the molecule is Cc1ccc(C(N)=Nc2ccc(CN3CCC(N(C)C)C3)c(C(F)(F)F)c2)cc1C#Cc1ccc(N=C(N)C2CC2)nn1. The molecule has 2 fully saturated rings. The van der Waals surface area contributed by atoms with E-state index in [-0.39, 0.29) is 23.6 Å². The van der Waals surface area contributed by atoms with Crippen LogP contribution in [0.3, 0.4) is 0 Å². The minimum Gasteiger partial charge on any atom is -0.387 e. The Hall–Kier alpha value is -4.27. The molecule has 1 atom stereocenters. The Morgan fingerprint density at radius 1 is 1.00 bits per heavy atom. The number of aliphatic imine (C=N–C) groups is 2. The van der Waals surface area contributed by atoms with Gasteiger partial charge >= 0.3 is 6.18 Å². The highest BCUT2D eigenvalue weighted by Crippen LogP contribution is 2.36. The van der Waals surface area contributed by atoms with Crippen LogP contribution in [0.2, 0.25) is 0 Å². The van der Waals surface area contributed by atoms with Crippen molar-refractivity contribution in [2.24, 2.45) is 27.4 Å². The molecule has 43 heavy (non-hydrogen) atoms. The zero-order valence-electron chi connectivity index (χ0n) is 24.5. The molecule has 5 rings (SSSR count). The van der Waals surface area contributed by atoms with E-state index in [1.165, 1.54) is 6.07 Å². The first kappa shape index (κ1) is 30.2. The zero-order chi connectivity index (χ0) is 30.7. The van der Waals surface area contributed by atoms with Gasteiger partial charge in [-0.25, -0.2) is 9.98 Å². The maximum Gasteiger partial charge on any atom is 0.416 e. The molecule has 2 aromatic carbocycles. The van der Waals surface area contributed by atoms with Crippen LogP contribution < -0.4 is 11.5 Å². The lowest BCUT2D eigenvalue weighted by Crippen LogP contribution is -2.31. The van der Waals surface area contributed by atoms with Gasteiger partial charge in [-0.3, -0.25) is 4.90 Å². The van der Waals surface area contributed by atoms with E-state index in [4.69, 9.17) is 11.5 Å². The molecule has 4 N–H and O–H groups in total. The molecule has 0 spiro atoms. The molecule has 1 aliphatic carbocycles. The van der Waals surface area contributed by atoms with Crippen LogP contribution >= 0.6 is 0 Å². The second-order valence-corrected chi connectivity index (χ2v) is 11.3. The molecule has 1 saturated carbocycles. The largest absolute Gasteiger partial charge is 0.416 e. The molecule has 3 aromatic rings. The van der Waals surface area contributed by atoms with Crippen LogP contribution in [0.15, 0.2) is 58.5 Å². The van der Waals surface area contributed by atoms with Crippen LogP contribution in [0.4, 0.5) is 24.7 Å². The molecule has 11 heteroatoms. The minimum atomic E-state index is -4.51. The third kappa shape index (κ3) is 7.77. The third-order valence-electron chi connectivity index (χ3n) is 7.77. The molecule has 0 radical (unpaired) electrons. The van der Waals surface area contributed by atoms with Crippen molar-refractivity contribution in [1.29, 1.82) is 0 Å². The molecular formula is C32H35F3N8. The van der Waals surface area contributed by atoms with Crippen molar-refractivity contribution in [2.45, 2.75) is 44.9 Å². The van der Waals surface area contributed by atoms with Gasteiger partial charge in [0.15, 0.2) is 5.82 Å². The quantitative estimate of drug-likeness (QED) is 0.234. The van der Waals surface area contributed by atoms with Crippen molar-refractivity contribution < 1.29 is 13.2 Å². The Labute approximate surface area is 249 Å². The molecule has 2 heterocycles. The van der Waals surface area contributed by atoms with Gasteiger partial charge in [-0.1, -0.05) is 24.1 Å². The van der Waals surface area contributed by atoms with E-state index in [0.717, 1.165) is 44.0 Å². The van der Waals surface area contributed by atoms with Crippen molar-refractivity contribution in [3.05, 3.63) is 82.0 Å². The molecule has 2 aliphatic rings. The van der Waals surface area contributed by atoms with Crippen LogP contribution in [0, 0.1) is 24.7 Å². The highest BCUT2D eigenvalue weighted by Gasteiger charge is 2.35. The number of likely N-dealkylation sites (tertiary alicyclic amines) is 1. The van der Waals surface area contributed by atoms with Crippen LogP contribution in [0.5, 0.6) is 0 Å². The highest BCUT2D eigenvalue weighted by molar-refractivity contribution is 5.99. The summed E-state index contributed by atoms with van der Waals surface area (Å²) in [5.74, 6) is 7.51. The van der Waals surface area contributed by atoms with E-state index in [2.05, 4.69) is 41.8 Å². The van der Waals surface area contributed by atoms with E-state index in [9.17, 15) is 13.2 Å². The van der Waals surface area contributed by atoms with Gasteiger partial charge in [0.2, 0.25) is 0 Å². The molecule has 1 aromatic heterocycles. The van der Waals surface area contributed by atoms with Crippen molar-refractivity contribution >= 4 is 23.2 Å². The highest BCUT2D eigenvalue weighted by atomic mass is 19.4. The number of likely N-dealkylation sites (N-methyl/N-ethyl adjacent to an activating group) is 1. The maximum absolute atomic E-state index is 14.1. The smallest absolute Gasteiger partial charge is 0.387 e. The van der Waals surface area contributed by atoms with Gasteiger partial charge in [0.1, 0.15) is 17.4 Å². The molecular weight excluding hydrogens is 553 g/mol. The molecule has 0 amide bonds. The summed E-state index contributed by atoms with van der Waals surface area (Å²) in [5.41, 5.74) is 14.5. The van der Waals surface area contributed by atoms with Crippen molar-refractivity contribution in [3.63, 3.8) is 0 Å². The number of benzene rings is 2. The van der Waals surface area contributed by atoms with Crippen LogP contribution in [0.1, 0.15) is 52.8 Å². The Morgan fingerprint density at radius 3 is 2.44 bits per heavy atom. The fourth-order valence-corrected chi connectivity index (χ4v) is 4.96. The lowest BCUT2D eigenvalue weighted by atomic mass is 10.0. The number of rotatable bonds is 7. The number of aromatic nitrogens is 2.